The highest BCUT2D eigenvalue weighted by Crippen LogP contribution is 2.25. The zero-order valence-electron chi connectivity index (χ0n) is 14.2. The van der Waals surface area contributed by atoms with Gasteiger partial charge in [-0.1, -0.05) is 48.5 Å². The molecule has 0 spiro atoms. The van der Waals surface area contributed by atoms with Gasteiger partial charge in [0, 0.05) is 25.1 Å². The van der Waals surface area contributed by atoms with Crippen LogP contribution in [0.4, 0.5) is 5.69 Å². The first-order chi connectivity index (χ1) is 12.5. The number of anilines is 1. The van der Waals surface area contributed by atoms with Gasteiger partial charge in [0.1, 0.15) is 6.04 Å². The van der Waals surface area contributed by atoms with Gasteiger partial charge in [0.25, 0.3) is 0 Å². The van der Waals surface area contributed by atoms with E-state index >= 15 is 0 Å². The van der Waals surface area contributed by atoms with Crippen LogP contribution in [-0.4, -0.2) is 35.5 Å². The first-order valence-electron chi connectivity index (χ1n) is 8.47. The maximum absolute atomic E-state index is 12.5. The number of rotatable bonds is 6. The molecule has 2 aromatic rings. The second-order valence-corrected chi connectivity index (χ2v) is 6.33. The van der Waals surface area contributed by atoms with E-state index < -0.39 is 23.8 Å². The van der Waals surface area contributed by atoms with Gasteiger partial charge < -0.3 is 15.3 Å². The van der Waals surface area contributed by atoms with E-state index in [9.17, 15) is 19.5 Å². The van der Waals surface area contributed by atoms with E-state index in [0.29, 0.717) is 0 Å². The summed E-state index contributed by atoms with van der Waals surface area (Å²) >= 11 is 0. The van der Waals surface area contributed by atoms with E-state index in [-0.39, 0.29) is 25.3 Å². The fraction of sp³-hybridized carbons (Fsp3) is 0.250. The Bertz CT molecular complexity index is 792. The predicted molar refractivity (Wildman–Crippen MR) is 96.6 cm³/mol. The van der Waals surface area contributed by atoms with Gasteiger partial charge in [-0.2, -0.15) is 0 Å². The molecule has 0 saturated carbocycles. The number of amides is 2. The molecule has 1 unspecified atom stereocenters. The lowest BCUT2D eigenvalue weighted by atomic mass is 10.0. The van der Waals surface area contributed by atoms with Crippen molar-refractivity contribution in [3.63, 3.8) is 0 Å². The average molecular weight is 352 g/mol. The van der Waals surface area contributed by atoms with Gasteiger partial charge in [0.2, 0.25) is 11.8 Å². The number of carboxylic acid groups (broad SMARTS) is 1. The molecule has 0 aliphatic carbocycles. The number of nitrogens with zero attached hydrogens (tertiary/aromatic N) is 1. The zero-order valence-corrected chi connectivity index (χ0v) is 14.2. The Labute approximate surface area is 151 Å². The van der Waals surface area contributed by atoms with Crippen molar-refractivity contribution in [1.29, 1.82) is 0 Å². The van der Waals surface area contributed by atoms with Crippen molar-refractivity contribution in [2.45, 2.75) is 18.9 Å². The molecule has 2 aromatic carbocycles. The van der Waals surface area contributed by atoms with E-state index in [0.717, 1.165) is 11.3 Å². The normalized spacial score (nSPS) is 17.8. The van der Waals surface area contributed by atoms with Gasteiger partial charge in [-0.05, 0) is 17.7 Å². The van der Waals surface area contributed by atoms with Crippen molar-refractivity contribution >= 4 is 23.5 Å². The number of carbonyl (C=O) groups excluding carboxylic acids is 2. The standard InChI is InChI=1S/C20H20N2O4/c23-18-12-15(13-22(18)16-9-5-2-6-10-16)19(24)21-17(20(25)26)11-14-7-3-1-4-8-14/h1-10,15,17H,11-13H2,(H,21,24)(H,25,26)/t15?,17-/m1/s1. The summed E-state index contributed by atoms with van der Waals surface area (Å²) in [6.45, 7) is 0.256. The highest BCUT2D eigenvalue weighted by molar-refractivity contribution is 6.00. The Balaban J connectivity index is 1.65. The minimum atomic E-state index is -1.09. The van der Waals surface area contributed by atoms with Gasteiger partial charge >= 0.3 is 5.97 Å². The summed E-state index contributed by atoms with van der Waals surface area (Å²) in [6.07, 6.45) is 0.281. The highest BCUT2D eigenvalue weighted by atomic mass is 16.4. The lowest BCUT2D eigenvalue weighted by molar-refractivity contribution is -0.142. The lowest BCUT2D eigenvalue weighted by Crippen LogP contribution is -2.45. The van der Waals surface area contributed by atoms with Crippen molar-refractivity contribution in [2.24, 2.45) is 5.92 Å². The maximum atomic E-state index is 12.5. The van der Waals surface area contributed by atoms with Crippen LogP contribution in [0.5, 0.6) is 0 Å². The molecular formula is C20H20N2O4. The number of benzene rings is 2. The van der Waals surface area contributed by atoms with Gasteiger partial charge in [0.05, 0.1) is 5.92 Å². The summed E-state index contributed by atoms with van der Waals surface area (Å²) in [4.78, 5) is 37.8. The molecule has 1 aliphatic rings. The van der Waals surface area contributed by atoms with Gasteiger partial charge in [-0.3, -0.25) is 9.59 Å². The Morgan fingerprint density at radius 2 is 1.69 bits per heavy atom. The number of carbonyl (C=O) groups is 3. The summed E-state index contributed by atoms with van der Waals surface area (Å²) in [5, 5.41) is 12.0. The predicted octanol–water partition coefficient (Wildman–Crippen LogP) is 1.85. The maximum Gasteiger partial charge on any atom is 0.326 e. The molecule has 1 heterocycles. The lowest BCUT2D eigenvalue weighted by Gasteiger charge is -2.19. The summed E-state index contributed by atoms with van der Waals surface area (Å²) in [5.41, 5.74) is 1.57. The van der Waals surface area contributed by atoms with Crippen LogP contribution in [0.15, 0.2) is 60.7 Å². The number of para-hydroxylation sites is 1. The average Bonchev–Trinajstić information content (AvgIpc) is 3.04. The second kappa shape index (κ2) is 7.82. The summed E-state index contributed by atoms with van der Waals surface area (Å²) in [5.74, 6) is -2.18. The van der Waals surface area contributed by atoms with Crippen LogP contribution in [0.1, 0.15) is 12.0 Å². The summed E-state index contributed by atoms with van der Waals surface area (Å²) in [6, 6.07) is 17.2. The minimum absolute atomic E-state index is 0.0817. The smallest absolute Gasteiger partial charge is 0.326 e. The first-order valence-corrected chi connectivity index (χ1v) is 8.47. The molecular weight excluding hydrogens is 332 g/mol. The quantitative estimate of drug-likeness (QED) is 0.831. The van der Waals surface area contributed by atoms with Crippen molar-refractivity contribution in [1.82, 2.24) is 5.32 Å². The minimum Gasteiger partial charge on any atom is -0.480 e. The number of nitrogens with one attached hydrogen (secondary N) is 1. The SMILES string of the molecule is O=C(N[C@H](Cc1ccccc1)C(=O)O)C1CC(=O)N(c2ccccc2)C1. The monoisotopic (exact) mass is 352 g/mol. The zero-order chi connectivity index (χ0) is 18.5. The summed E-state index contributed by atoms with van der Waals surface area (Å²) in [7, 11) is 0. The molecule has 2 atom stereocenters. The Morgan fingerprint density at radius 3 is 2.31 bits per heavy atom. The Kier molecular flexibility index (Phi) is 5.31. The van der Waals surface area contributed by atoms with Crippen LogP contribution in [0.3, 0.4) is 0 Å². The molecule has 2 amide bonds. The molecule has 6 nitrogen and oxygen atoms in total. The van der Waals surface area contributed by atoms with E-state index in [2.05, 4.69) is 5.32 Å². The van der Waals surface area contributed by atoms with E-state index in [4.69, 9.17) is 0 Å². The van der Waals surface area contributed by atoms with Gasteiger partial charge in [0.15, 0.2) is 0 Å². The second-order valence-electron chi connectivity index (χ2n) is 6.33. The molecule has 2 N–H and O–H groups in total. The molecule has 1 fully saturated rings. The van der Waals surface area contributed by atoms with Crippen LogP contribution >= 0.6 is 0 Å². The molecule has 1 saturated heterocycles. The van der Waals surface area contributed by atoms with Crippen molar-refractivity contribution in [3.05, 3.63) is 66.2 Å². The topological polar surface area (TPSA) is 86.7 Å². The van der Waals surface area contributed by atoms with E-state index in [1.54, 1.807) is 4.90 Å². The fourth-order valence-corrected chi connectivity index (χ4v) is 3.08. The van der Waals surface area contributed by atoms with Crippen molar-refractivity contribution in [3.8, 4) is 0 Å². The molecule has 6 heteroatoms. The summed E-state index contributed by atoms with van der Waals surface area (Å²) < 4.78 is 0. The van der Waals surface area contributed by atoms with E-state index in [1.165, 1.54) is 0 Å². The molecule has 0 aromatic heterocycles. The van der Waals surface area contributed by atoms with Gasteiger partial charge in [-0.25, -0.2) is 4.79 Å². The Morgan fingerprint density at radius 1 is 1.08 bits per heavy atom. The van der Waals surface area contributed by atoms with Crippen LogP contribution in [0.2, 0.25) is 0 Å². The molecule has 0 bridgehead atoms. The number of carboxylic acids is 1. The molecule has 0 radical (unpaired) electrons. The highest BCUT2D eigenvalue weighted by Gasteiger charge is 2.36. The third-order valence-corrected chi connectivity index (χ3v) is 4.46. The Hall–Kier alpha value is -3.15. The molecule has 134 valence electrons. The third kappa shape index (κ3) is 4.08. The van der Waals surface area contributed by atoms with Crippen LogP contribution in [-0.2, 0) is 20.8 Å². The molecule has 3 rings (SSSR count). The van der Waals surface area contributed by atoms with Crippen LogP contribution in [0.25, 0.3) is 0 Å². The van der Waals surface area contributed by atoms with Crippen LogP contribution < -0.4 is 10.2 Å². The van der Waals surface area contributed by atoms with Crippen molar-refractivity contribution < 1.29 is 19.5 Å². The number of hydrogen-bond donors (Lipinski definition) is 2. The van der Waals surface area contributed by atoms with E-state index in [1.807, 2.05) is 60.7 Å². The third-order valence-electron chi connectivity index (χ3n) is 4.46. The largest absolute Gasteiger partial charge is 0.480 e. The first kappa shape index (κ1) is 17.7. The molecule has 1 aliphatic heterocycles. The number of aliphatic carboxylic acids is 1. The number of hydrogen-bond acceptors (Lipinski definition) is 3. The van der Waals surface area contributed by atoms with Crippen LogP contribution in [0, 0.1) is 5.92 Å². The fourth-order valence-electron chi connectivity index (χ4n) is 3.08. The van der Waals surface area contributed by atoms with Gasteiger partial charge in [-0.15, -0.1) is 0 Å². The van der Waals surface area contributed by atoms with Crippen molar-refractivity contribution in [2.75, 3.05) is 11.4 Å². The molecule has 26 heavy (non-hydrogen) atoms.